The Morgan fingerprint density at radius 2 is 2.29 bits per heavy atom. The average molecular weight is 254 g/mol. The lowest BCUT2D eigenvalue weighted by Crippen LogP contribution is -2.22. The SMILES string of the molecule is CCCn1c(=O)c([N+](=O)[O-])c(O)c2ccsc21. The zero-order valence-electron chi connectivity index (χ0n) is 9.04. The highest BCUT2D eigenvalue weighted by atomic mass is 32.1. The van der Waals surface area contributed by atoms with E-state index in [4.69, 9.17) is 0 Å². The first-order valence-corrected chi connectivity index (χ1v) is 5.93. The van der Waals surface area contributed by atoms with Crippen molar-refractivity contribution >= 4 is 27.2 Å². The quantitative estimate of drug-likeness (QED) is 0.671. The molecule has 0 aliphatic rings. The van der Waals surface area contributed by atoms with Crippen LogP contribution in [0.3, 0.4) is 0 Å². The van der Waals surface area contributed by atoms with E-state index in [9.17, 15) is 20.0 Å². The Balaban J connectivity index is 2.92. The number of nitro groups is 1. The van der Waals surface area contributed by atoms with Gasteiger partial charge in [-0.3, -0.25) is 19.5 Å². The molecule has 1 N–H and O–H groups in total. The van der Waals surface area contributed by atoms with Crippen LogP contribution in [0.5, 0.6) is 5.75 Å². The highest BCUT2D eigenvalue weighted by molar-refractivity contribution is 7.16. The Kier molecular flexibility index (Phi) is 2.84. The maximum absolute atomic E-state index is 11.9. The number of nitrogens with zero attached hydrogens (tertiary/aromatic N) is 2. The molecule has 0 aliphatic carbocycles. The number of aromatic hydroxyl groups is 1. The predicted molar refractivity (Wildman–Crippen MR) is 64.7 cm³/mol. The van der Waals surface area contributed by atoms with Crippen molar-refractivity contribution in [3.8, 4) is 5.75 Å². The Hall–Kier alpha value is -1.89. The number of thiophene rings is 1. The summed E-state index contributed by atoms with van der Waals surface area (Å²) in [5.41, 5.74) is -1.49. The average Bonchev–Trinajstić information content (AvgIpc) is 2.72. The molecule has 0 saturated carbocycles. The number of rotatable bonds is 3. The number of fused-ring (bicyclic) bond motifs is 1. The summed E-state index contributed by atoms with van der Waals surface area (Å²) in [4.78, 5) is 22.4. The second-order valence-corrected chi connectivity index (χ2v) is 4.45. The molecule has 0 amide bonds. The maximum atomic E-state index is 11.9. The summed E-state index contributed by atoms with van der Waals surface area (Å²) in [7, 11) is 0. The van der Waals surface area contributed by atoms with Crippen LogP contribution >= 0.6 is 11.3 Å². The highest BCUT2D eigenvalue weighted by Crippen LogP contribution is 2.33. The van der Waals surface area contributed by atoms with Crippen LogP contribution in [0.1, 0.15) is 13.3 Å². The summed E-state index contributed by atoms with van der Waals surface area (Å²) in [6.45, 7) is 2.28. The lowest BCUT2D eigenvalue weighted by molar-refractivity contribution is -0.387. The Labute approximate surface area is 99.9 Å². The van der Waals surface area contributed by atoms with E-state index >= 15 is 0 Å². The van der Waals surface area contributed by atoms with Gasteiger partial charge in [-0.2, -0.15) is 0 Å². The highest BCUT2D eigenvalue weighted by Gasteiger charge is 2.25. The first kappa shape index (κ1) is 11.6. The van der Waals surface area contributed by atoms with E-state index in [0.29, 0.717) is 23.2 Å². The summed E-state index contributed by atoms with van der Waals surface area (Å²) < 4.78 is 1.35. The van der Waals surface area contributed by atoms with Gasteiger partial charge >= 0.3 is 11.2 Å². The van der Waals surface area contributed by atoms with Crippen LogP contribution in [0.2, 0.25) is 0 Å². The van der Waals surface area contributed by atoms with Crippen LogP contribution in [0.15, 0.2) is 16.2 Å². The smallest absolute Gasteiger partial charge is 0.375 e. The number of aryl methyl sites for hydroxylation is 1. The number of hydrogen-bond donors (Lipinski definition) is 1. The molecule has 2 heterocycles. The first-order valence-electron chi connectivity index (χ1n) is 5.05. The number of pyridine rings is 1. The molecule has 0 fully saturated rings. The van der Waals surface area contributed by atoms with Gasteiger partial charge in [0.2, 0.25) is 5.75 Å². The van der Waals surface area contributed by atoms with Crippen molar-refractivity contribution in [1.29, 1.82) is 0 Å². The topological polar surface area (TPSA) is 85.4 Å². The molecule has 2 aromatic rings. The van der Waals surface area contributed by atoms with Crippen molar-refractivity contribution in [3.63, 3.8) is 0 Å². The van der Waals surface area contributed by atoms with Crippen molar-refractivity contribution in [2.75, 3.05) is 0 Å². The van der Waals surface area contributed by atoms with Gasteiger partial charge in [0.1, 0.15) is 4.83 Å². The molecule has 0 bridgehead atoms. The minimum absolute atomic E-state index is 0.356. The van der Waals surface area contributed by atoms with Crippen molar-refractivity contribution < 1.29 is 10.0 Å². The molecule has 0 atom stereocenters. The monoisotopic (exact) mass is 254 g/mol. The molecule has 0 spiro atoms. The molecule has 2 rings (SSSR count). The van der Waals surface area contributed by atoms with Crippen molar-refractivity contribution in [2.45, 2.75) is 19.9 Å². The second kappa shape index (κ2) is 4.17. The van der Waals surface area contributed by atoms with Crippen LogP contribution < -0.4 is 5.56 Å². The van der Waals surface area contributed by atoms with Gasteiger partial charge in [-0.15, -0.1) is 11.3 Å². The summed E-state index contributed by atoms with van der Waals surface area (Å²) in [6.07, 6.45) is 0.689. The van der Waals surface area contributed by atoms with E-state index in [1.54, 1.807) is 11.4 Å². The summed E-state index contributed by atoms with van der Waals surface area (Å²) in [5, 5.41) is 22.6. The second-order valence-electron chi connectivity index (χ2n) is 3.55. The maximum Gasteiger partial charge on any atom is 0.375 e. The molecular weight excluding hydrogens is 244 g/mol. The molecule has 0 aliphatic heterocycles. The number of hydrogen-bond acceptors (Lipinski definition) is 5. The minimum Gasteiger partial charge on any atom is -0.501 e. The minimum atomic E-state index is -0.832. The molecule has 0 radical (unpaired) electrons. The molecule has 90 valence electrons. The first-order chi connectivity index (χ1) is 8.07. The van der Waals surface area contributed by atoms with Crippen molar-refractivity contribution in [2.24, 2.45) is 0 Å². The lowest BCUT2D eigenvalue weighted by atomic mass is 10.2. The molecule has 2 aromatic heterocycles. The van der Waals surface area contributed by atoms with Gasteiger partial charge in [-0.1, -0.05) is 6.92 Å². The molecule has 7 heteroatoms. The summed E-state index contributed by atoms with van der Waals surface area (Å²) in [6, 6.07) is 1.58. The fourth-order valence-electron chi connectivity index (χ4n) is 1.73. The van der Waals surface area contributed by atoms with E-state index in [2.05, 4.69) is 0 Å². The van der Waals surface area contributed by atoms with Gasteiger partial charge in [0.05, 0.1) is 10.3 Å². The largest absolute Gasteiger partial charge is 0.501 e. The third-order valence-corrected chi connectivity index (χ3v) is 3.38. The molecule has 6 nitrogen and oxygen atoms in total. The van der Waals surface area contributed by atoms with Crippen molar-refractivity contribution in [1.82, 2.24) is 4.57 Å². The third kappa shape index (κ3) is 1.68. The van der Waals surface area contributed by atoms with E-state index in [0.717, 1.165) is 0 Å². The predicted octanol–water partition coefficient (Wildman–Crippen LogP) is 2.09. The zero-order valence-corrected chi connectivity index (χ0v) is 9.86. The van der Waals surface area contributed by atoms with Gasteiger partial charge in [-0.25, -0.2) is 0 Å². The summed E-state index contributed by atoms with van der Waals surface area (Å²) in [5.74, 6) is -0.538. The normalized spacial score (nSPS) is 10.9. The molecule has 0 aromatic carbocycles. The Morgan fingerprint density at radius 1 is 1.59 bits per heavy atom. The van der Waals surface area contributed by atoms with Crippen LogP contribution in [0.4, 0.5) is 5.69 Å². The standard InChI is InChI=1S/C10H10N2O4S/c1-2-4-11-9(14)7(12(15)16)8(13)6-3-5-17-10(6)11/h3,5,13H,2,4H2,1H3. The van der Waals surface area contributed by atoms with E-state index in [-0.39, 0.29) is 0 Å². The van der Waals surface area contributed by atoms with Crippen LogP contribution in [0.25, 0.3) is 10.2 Å². The zero-order chi connectivity index (χ0) is 12.6. The van der Waals surface area contributed by atoms with Gasteiger partial charge in [0, 0.05) is 6.54 Å². The van der Waals surface area contributed by atoms with Gasteiger partial charge in [0.25, 0.3) is 0 Å². The van der Waals surface area contributed by atoms with Crippen LogP contribution in [-0.4, -0.2) is 14.6 Å². The van der Waals surface area contributed by atoms with Gasteiger partial charge in [-0.05, 0) is 17.9 Å². The Morgan fingerprint density at radius 3 is 2.88 bits per heavy atom. The van der Waals surface area contributed by atoms with E-state index < -0.39 is 21.9 Å². The van der Waals surface area contributed by atoms with Gasteiger partial charge < -0.3 is 5.11 Å². The molecule has 0 saturated heterocycles. The summed E-state index contributed by atoms with van der Waals surface area (Å²) >= 11 is 1.28. The van der Waals surface area contributed by atoms with E-state index in [1.165, 1.54) is 15.9 Å². The fraction of sp³-hybridized carbons (Fsp3) is 0.300. The molecule has 0 unspecified atom stereocenters. The molecular formula is C10H10N2O4S. The fourth-order valence-corrected chi connectivity index (χ4v) is 2.66. The van der Waals surface area contributed by atoms with Crippen LogP contribution in [0, 0.1) is 10.1 Å². The van der Waals surface area contributed by atoms with Gasteiger partial charge in [0.15, 0.2) is 0 Å². The molecule has 17 heavy (non-hydrogen) atoms. The van der Waals surface area contributed by atoms with Crippen LogP contribution in [-0.2, 0) is 6.54 Å². The van der Waals surface area contributed by atoms with E-state index in [1.807, 2.05) is 6.92 Å². The lowest BCUT2D eigenvalue weighted by Gasteiger charge is -2.06. The third-order valence-electron chi connectivity index (χ3n) is 2.45. The Bertz CT molecular complexity index is 644. The number of aromatic nitrogens is 1. The van der Waals surface area contributed by atoms with Crippen molar-refractivity contribution in [3.05, 3.63) is 31.9 Å².